The van der Waals surface area contributed by atoms with Gasteiger partial charge in [0, 0.05) is 12.6 Å². The molecular formula is C16H27N. The van der Waals surface area contributed by atoms with Crippen LogP contribution in [-0.2, 0) is 0 Å². The summed E-state index contributed by atoms with van der Waals surface area (Å²) in [5, 5.41) is 3.57. The van der Waals surface area contributed by atoms with E-state index in [-0.39, 0.29) is 0 Å². The molecule has 1 nitrogen and oxygen atoms in total. The molecule has 1 atom stereocenters. The van der Waals surface area contributed by atoms with Crippen molar-refractivity contribution in [2.45, 2.75) is 52.5 Å². The quantitative estimate of drug-likeness (QED) is 0.744. The minimum atomic E-state index is 0.570. The number of nitrogens with one attached hydrogen (secondary N) is 1. The van der Waals surface area contributed by atoms with Gasteiger partial charge in [0.1, 0.15) is 0 Å². The molecule has 0 aliphatic carbocycles. The summed E-state index contributed by atoms with van der Waals surface area (Å²) in [5.41, 5.74) is 1.47. The van der Waals surface area contributed by atoms with Gasteiger partial charge in [0.15, 0.2) is 0 Å². The molecule has 0 saturated heterocycles. The van der Waals surface area contributed by atoms with E-state index in [4.69, 9.17) is 0 Å². The van der Waals surface area contributed by atoms with E-state index in [9.17, 15) is 0 Å². The molecular weight excluding hydrogens is 206 g/mol. The second-order valence-corrected chi connectivity index (χ2v) is 5.64. The molecule has 1 heteroatoms. The molecule has 1 unspecified atom stereocenters. The van der Waals surface area contributed by atoms with Crippen LogP contribution in [0.5, 0.6) is 0 Å². The van der Waals surface area contributed by atoms with E-state index in [0.717, 1.165) is 12.5 Å². The standard InChI is InChI=1S/C16H27N/c1-13(2)10-11-16(12-17-14(3)4)15-8-6-5-7-9-15/h5-9,13-14,16-17H,10-12H2,1-4H3. The second-order valence-electron chi connectivity index (χ2n) is 5.64. The van der Waals surface area contributed by atoms with Crippen LogP contribution in [0.3, 0.4) is 0 Å². The predicted octanol–water partition coefficient (Wildman–Crippen LogP) is 4.20. The Morgan fingerprint density at radius 2 is 1.59 bits per heavy atom. The van der Waals surface area contributed by atoms with E-state index >= 15 is 0 Å². The molecule has 1 N–H and O–H groups in total. The van der Waals surface area contributed by atoms with Gasteiger partial charge in [-0.3, -0.25) is 0 Å². The van der Waals surface area contributed by atoms with Crippen molar-refractivity contribution in [1.82, 2.24) is 5.32 Å². The molecule has 1 rings (SSSR count). The fraction of sp³-hybridized carbons (Fsp3) is 0.625. The summed E-state index contributed by atoms with van der Waals surface area (Å²) in [6, 6.07) is 11.5. The third-order valence-electron chi connectivity index (χ3n) is 3.14. The zero-order valence-electron chi connectivity index (χ0n) is 11.7. The lowest BCUT2D eigenvalue weighted by Gasteiger charge is -2.20. The Kier molecular flexibility index (Phi) is 6.28. The third kappa shape index (κ3) is 5.88. The fourth-order valence-electron chi connectivity index (χ4n) is 2.02. The molecule has 0 bridgehead atoms. The first-order chi connectivity index (χ1) is 8.09. The highest BCUT2D eigenvalue weighted by Gasteiger charge is 2.12. The van der Waals surface area contributed by atoms with Crippen LogP contribution < -0.4 is 5.32 Å². The third-order valence-corrected chi connectivity index (χ3v) is 3.14. The van der Waals surface area contributed by atoms with Crippen LogP contribution in [0.1, 0.15) is 52.0 Å². The van der Waals surface area contributed by atoms with Crippen molar-refractivity contribution in [3.05, 3.63) is 35.9 Å². The topological polar surface area (TPSA) is 12.0 Å². The van der Waals surface area contributed by atoms with Gasteiger partial charge in [-0.2, -0.15) is 0 Å². The molecule has 0 fully saturated rings. The highest BCUT2D eigenvalue weighted by molar-refractivity contribution is 5.19. The molecule has 0 amide bonds. The summed E-state index contributed by atoms with van der Waals surface area (Å²) < 4.78 is 0. The van der Waals surface area contributed by atoms with Crippen LogP contribution in [0.4, 0.5) is 0 Å². The van der Waals surface area contributed by atoms with Crippen molar-refractivity contribution in [1.29, 1.82) is 0 Å². The number of hydrogen-bond donors (Lipinski definition) is 1. The lowest BCUT2D eigenvalue weighted by atomic mass is 9.91. The Balaban J connectivity index is 2.58. The molecule has 0 aliphatic rings. The Morgan fingerprint density at radius 1 is 0.941 bits per heavy atom. The molecule has 17 heavy (non-hydrogen) atoms. The second kappa shape index (κ2) is 7.50. The Morgan fingerprint density at radius 3 is 2.12 bits per heavy atom. The van der Waals surface area contributed by atoms with Gasteiger partial charge < -0.3 is 5.32 Å². The predicted molar refractivity (Wildman–Crippen MR) is 76.4 cm³/mol. The maximum absolute atomic E-state index is 3.57. The van der Waals surface area contributed by atoms with E-state index in [0.29, 0.717) is 12.0 Å². The Labute approximate surface area is 107 Å². The van der Waals surface area contributed by atoms with Crippen LogP contribution in [-0.4, -0.2) is 12.6 Å². The normalized spacial score (nSPS) is 13.3. The number of hydrogen-bond acceptors (Lipinski definition) is 1. The lowest BCUT2D eigenvalue weighted by Crippen LogP contribution is -2.28. The van der Waals surface area contributed by atoms with Gasteiger partial charge in [-0.25, -0.2) is 0 Å². The lowest BCUT2D eigenvalue weighted by molar-refractivity contribution is 0.459. The first-order valence-electron chi connectivity index (χ1n) is 6.88. The summed E-state index contributed by atoms with van der Waals surface area (Å²) >= 11 is 0. The van der Waals surface area contributed by atoms with E-state index < -0.39 is 0 Å². The Hall–Kier alpha value is -0.820. The molecule has 0 heterocycles. The molecule has 0 saturated carbocycles. The van der Waals surface area contributed by atoms with Gasteiger partial charge in [0.25, 0.3) is 0 Å². The zero-order valence-corrected chi connectivity index (χ0v) is 11.7. The smallest absolute Gasteiger partial charge is 0.00225 e. The van der Waals surface area contributed by atoms with Gasteiger partial charge in [-0.05, 0) is 23.8 Å². The maximum atomic E-state index is 3.57. The average Bonchev–Trinajstić information content (AvgIpc) is 2.29. The number of benzene rings is 1. The van der Waals surface area contributed by atoms with Gasteiger partial charge in [-0.1, -0.05) is 64.4 Å². The molecule has 0 aliphatic heterocycles. The first-order valence-corrected chi connectivity index (χ1v) is 6.88. The van der Waals surface area contributed by atoms with Crippen molar-refractivity contribution < 1.29 is 0 Å². The van der Waals surface area contributed by atoms with E-state index in [1.54, 1.807) is 0 Å². The Bertz CT molecular complexity index is 278. The monoisotopic (exact) mass is 233 g/mol. The molecule has 1 aromatic carbocycles. The van der Waals surface area contributed by atoms with Crippen LogP contribution in [0, 0.1) is 5.92 Å². The SMILES string of the molecule is CC(C)CCC(CNC(C)C)c1ccccc1. The fourth-order valence-corrected chi connectivity index (χ4v) is 2.02. The first kappa shape index (κ1) is 14.2. The molecule has 1 aromatic rings. The summed E-state index contributed by atoms with van der Waals surface area (Å²) in [4.78, 5) is 0. The minimum Gasteiger partial charge on any atom is -0.314 e. The molecule has 96 valence electrons. The molecule has 0 spiro atoms. The summed E-state index contributed by atoms with van der Waals surface area (Å²) in [5.74, 6) is 1.45. The van der Waals surface area contributed by atoms with Crippen LogP contribution >= 0.6 is 0 Å². The van der Waals surface area contributed by atoms with Crippen LogP contribution in [0.15, 0.2) is 30.3 Å². The van der Waals surface area contributed by atoms with Crippen molar-refractivity contribution in [2.75, 3.05) is 6.54 Å². The van der Waals surface area contributed by atoms with Crippen molar-refractivity contribution >= 4 is 0 Å². The highest BCUT2D eigenvalue weighted by Crippen LogP contribution is 2.22. The molecule has 0 aromatic heterocycles. The summed E-state index contributed by atoms with van der Waals surface area (Å²) in [7, 11) is 0. The maximum Gasteiger partial charge on any atom is 0.00225 e. The van der Waals surface area contributed by atoms with Gasteiger partial charge in [0.2, 0.25) is 0 Å². The molecule has 0 radical (unpaired) electrons. The van der Waals surface area contributed by atoms with Gasteiger partial charge >= 0.3 is 0 Å². The van der Waals surface area contributed by atoms with Crippen LogP contribution in [0.25, 0.3) is 0 Å². The van der Waals surface area contributed by atoms with Crippen molar-refractivity contribution in [3.8, 4) is 0 Å². The number of rotatable bonds is 7. The van der Waals surface area contributed by atoms with Crippen LogP contribution in [0.2, 0.25) is 0 Å². The van der Waals surface area contributed by atoms with Crippen molar-refractivity contribution in [2.24, 2.45) is 5.92 Å². The zero-order chi connectivity index (χ0) is 12.7. The summed E-state index contributed by atoms with van der Waals surface area (Å²) in [6.07, 6.45) is 2.58. The average molecular weight is 233 g/mol. The minimum absolute atomic E-state index is 0.570. The highest BCUT2D eigenvalue weighted by atomic mass is 14.9. The van der Waals surface area contributed by atoms with E-state index in [2.05, 4.69) is 63.3 Å². The summed E-state index contributed by atoms with van der Waals surface area (Å²) in [6.45, 7) is 10.1. The van der Waals surface area contributed by atoms with E-state index in [1.165, 1.54) is 18.4 Å². The van der Waals surface area contributed by atoms with Gasteiger partial charge in [-0.15, -0.1) is 0 Å². The largest absolute Gasteiger partial charge is 0.314 e. The van der Waals surface area contributed by atoms with Crippen molar-refractivity contribution in [3.63, 3.8) is 0 Å². The van der Waals surface area contributed by atoms with Gasteiger partial charge in [0.05, 0.1) is 0 Å². The van der Waals surface area contributed by atoms with E-state index in [1.807, 2.05) is 0 Å².